The lowest BCUT2D eigenvalue weighted by atomic mass is 10.0. The smallest absolute Gasteiger partial charge is 0.131 e. The first-order valence-corrected chi connectivity index (χ1v) is 19.6. The minimum absolute atomic E-state index is 0.340. The van der Waals surface area contributed by atoms with Gasteiger partial charge in [0.25, 0.3) is 0 Å². The average Bonchev–Trinajstić information content (AvgIpc) is 3.66. The molecule has 4 atom stereocenters. The maximum atomic E-state index is 6.88. The van der Waals surface area contributed by atoms with Gasteiger partial charge in [-0.25, -0.2) is 0 Å². The minimum Gasteiger partial charge on any atom is -0.374 e. The van der Waals surface area contributed by atoms with Crippen LogP contribution in [0.25, 0.3) is 0 Å². The Balaban J connectivity index is 1.31. The normalized spacial score (nSPS) is 19.8. The molecule has 2 heterocycles. The molecule has 0 radical (unpaired) electrons. The number of nitrogens with zero attached hydrogens (tertiary/aromatic N) is 2. The minimum atomic E-state index is -1.76. The SMILES string of the molecule is C[Si](C)(C)c1cc(C2O[C@H](COCc3ccccc3)[C@@H](OCc3ccccc3)[C@H]2OCc2ccccc2)nn1Cc1ccccc1. The average molecular weight is 633 g/mol. The molecule has 0 spiro atoms. The Labute approximate surface area is 273 Å². The van der Waals surface area contributed by atoms with Gasteiger partial charge in [0.1, 0.15) is 32.5 Å². The van der Waals surface area contributed by atoms with E-state index in [1.165, 1.54) is 10.9 Å². The second-order valence-electron chi connectivity index (χ2n) is 13.0. The van der Waals surface area contributed by atoms with Crippen molar-refractivity contribution < 1.29 is 18.9 Å². The molecule has 0 saturated carbocycles. The number of aromatic nitrogens is 2. The summed E-state index contributed by atoms with van der Waals surface area (Å²) >= 11 is 0. The molecular weight excluding hydrogens is 589 g/mol. The Morgan fingerprint density at radius 2 is 1.11 bits per heavy atom. The molecule has 4 aromatic carbocycles. The van der Waals surface area contributed by atoms with Crippen LogP contribution in [0.1, 0.15) is 34.1 Å². The zero-order valence-corrected chi connectivity index (χ0v) is 28.0. The van der Waals surface area contributed by atoms with Crippen LogP contribution in [0.15, 0.2) is 127 Å². The summed E-state index contributed by atoms with van der Waals surface area (Å²) in [6.45, 7) is 9.56. The summed E-state index contributed by atoms with van der Waals surface area (Å²) in [5, 5.41) is 6.50. The van der Waals surface area contributed by atoms with Crippen LogP contribution >= 0.6 is 0 Å². The summed E-state index contributed by atoms with van der Waals surface area (Å²) in [6, 6.07) is 43.5. The summed E-state index contributed by atoms with van der Waals surface area (Å²) in [4.78, 5) is 0. The third kappa shape index (κ3) is 8.29. The maximum absolute atomic E-state index is 6.88. The van der Waals surface area contributed by atoms with Crippen molar-refractivity contribution >= 4 is 13.4 Å². The van der Waals surface area contributed by atoms with Crippen LogP contribution < -0.4 is 5.32 Å². The molecule has 1 aromatic heterocycles. The van der Waals surface area contributed by atoms with Crippen molar-refractivity contribution in [3.63, 3.8) is 0 Å². The fraction of sp³-hybridized carbons (Fsp3) is 0.308. The van der Waals surface area contributed by atoms with E-state index in [9.17, 15) is 0 Å². The van der Waals surface area contributed by atoms with Gasteiger partial charge in [0, 0.05) is 5.32 Å². The van der Waals surface area contributed by atoms with Gasteiger partial charge >= 0.3 is 0 Å². The van der Waals surface area contributed by atoms with Gasteiger partial charge in [0.05, 0.1) is 38.7 Å². The molecular formula is C39H44N2O4Si. The second-order valence-corrected chi connectivity index (χ2v) is 18.0. The monoisotopic (exact) mass is 632 g/mol. The van der Waals surface area contributed by atoms with Crippen molar-refractivity contribution in [2.24, 2.45) is 0 Å². The Morgan fingerprint density at radius 3 is 1.63 bits per heavy atom. The Morgan fingerprint density at radius 1 is 0.630 bits per heavy atom. The largest absolute Gasteiger partial charge is 0.374 e. The topological polar surface area (TPSA) is 54.7 Å². The highest BCUT2D eigenvalue weighted by atomic mass is 28.3. The van der Waals surface area contributed by atoms with E-state index in [1.807, 2.05) is 60.7 Å². The predicted molar refractivity (Wildman–Crippen MR) is 185 cm³/mol. The first-order chi connectivity index (χ1) is 22.4. The quantitative estimate of drug-likeness (QED) is 0.120. The molecule has 238 valence electrons. The van der Waals surface area contributed by atoms with Crippen LogP contribution in [-0.2, 0) is 45.3 Å². The van der Waals surface area contributed by atoms with Crippen LogP contribution in [0, 0.1) is 0 Å². The molecule has 0 bridgehead atoms. The van der Waals surface area contributed by atoms with E-state index in [-0.39, 0.29) is 18.3 Å². The first kappa shape index (κ1) is 32.1. The van der Waals surface area contributed by atoms with Crippen molar-refractivity contribution in [2.75, 3.05) is 6.61 Å². The molecule has 1 fully saturated rings. The number of hydrogen-bond acceptors (Lipinski definition) is 5. The van der Waals surface area contributed by atoms with E-state index >= 15 is 0 Å². The molecule has 5 aromatic rings. The molecule has 0 N–H and O–H groups in total. The van der Waals surface area contributed by atoms with Gasteiger partial charge < -0.3 is 18.9 Å². The van der Waals surface area contributed by atoms with Gasteiger partial charge in [-0.2, -0.15) is 5.10 Å². The number of hydrogen-bond donors (Lipinski definition) is 0. The second kappa shape index (κ2) is 15.2. The lowest BCUT2D eigenvalue weighted by Crippen LogP contribution is -2.43. The molecule has 1 unspecified atom stereocenters. The Hall–Kier alpha value is -3.85. The molecule has 1 aliphatic rings. The lowest BCUT2D eigenvalue weighted by Gasteiger charge is -2.25. The van der Waals surface area contributed by atoms with Gasteiger partial charge in [-0.1, -0.05) is 141 Å². The third-order valence-corrected chi connectivity index (χ3v) is 10.2. The lowest BCUT2D eigenvalue weighted by molar-refractivity contribution is -0.0898. The molecule has 6 nitrogen and oxygen atoms in total. The molecule has 1 saturated heterocycles. The van der Waals surface area contributed by atoms with Crippen molar-refractivity contribution in [2.45, 2.75) is 70.4 Å². The highest BCUT2D eigenvalue weighted by Gasteiger charge is 2.48. The maximum Gasteiger partial charge on any atom is 0.131 e. The summed E-state index contributed by atoms with van der Waals surface area (Å²) < 4.78 is 28.8. The van der Waals surface area contributed by atoms with Gasteiger partial charge in [0.2, 0.25) is 0 Å². The van der Waals surface area contributed by atoms with Crippen molar-refractivity contribution in [3.8, 4) is 0 Å². The van der Waals surface area contributed by atoms with Gasteiger partial charge in [-0.15, -0.1) is 0 Å². The Bertz CT molecular complexity index is 1620. The first-order valence-electron chi connectivity index (χ1n) is 16.1. The van der Waals surface area contributed by atoms with Crippen LogP contribution in [0.2, 0.25) is 19.6 Å². The van der Waals surface area contributed by atoms with E-state index in [1.54, 1.807) is 0 Å². The third-order valence-electron chi connectivity index (χ3n) is 8.31. The molecule has 7 heteroatoms. The van der Waals surface area contributed by atoms with Crippen molar-refractivity contribution in [3.05, 3.63) is 155 Å². The highest BCUT2D eigenvalue weighted by Crippen LogP contribution is 2.38. The van der Waals surface area contributed by atoms with E-state index < -0.39 is 14.2 Å². The Kier molecular flexibility index (Phi) is 10.6. The summed E-state index contributed by atoms with van der Waals surface area (Å²) in [5.41, 5.74) is 5.42. The van der Waals surface area contributed by atoms with Crippen molar-refractivity contribution in [1.82, 2.24) is 9.78 Å². The van der Waals surface area contributed by atoms with Gasteiger partial charge in [0.15, 0.2) is 0 Å². The van der Waals surface area contributed by atoms with Gasteiger partial charge in [-0.05, 0) is 28.3 Å². The van der Waals surface area contributed by atoms with E-state index in [0.717, 1.165) is 22.4 Å². The fourth-order valence-corrected chi connectivity index (χ4v) is 7.42. The molecule has 0 amide bonds. The number of ether oxygens (including phenoxy) is 4. The van der Waals surface area contributed by atoms with Crippen molar-refractivity contribution in [1.29, 1.82) is 0 Å². The summed E-state index contributed by atoms with van der Waals surface area (Å²) in [5.74, 6) is 0. The number of benzene rings is 4. The summed E-state index contributed by atoms with van der Waals surface area (Å²) in [7, 11) is -1.76. The standard InChI is InChI=1S/C39H44N2O4Si/c1-46(2,3)36-24-34(40-41(36)25-30-16-8-4-9-17-30)37-39(44-28-33-22-14-7-15-23-33)38(43-27-32-20-12-6-13-21-32)35(45-37)29-42-26-31-18-10-5-11-19-31/h4-24,35,37-39H,25-29H2,1-3H3/t35-,37?,38-,39+/m1/s1. The fourth-order valence-electron chi connectivity index (χ4n) is 5.94. The molecule has 46 heavy (non-hydrogen) atoms. The zero-order chi connectivity index (χ0) is 31.8. The van der Waals surface area contributed by atoms with Crippen LogP contribution in [0.4, 0.5) is 0 Å². The van der Waals surface area contributed by atoms with Crippen LogP contribution in [-0.4, -0.2) is 42.8 Å². The summed E-state index contributed by atoms with van der Waals surface area (Å²) in [6.07, 6.45) is -1.50. The molecule has 0 aliphatic carbocycles. The van der Waals surface area contributed by atoms with E-state index in [2.05, 4.69) is 91.1 Å². The predicted octanol–water partition coefficient (Wildman–Crippen LogP) is 7.30. The molecule has 1 aliphatic heterocycles. The van der Waals surface area contributed by atoms with Crippen LogP contribution in [0.5, 0.6) is 0 Å². The van der Waals surface area contributed by atoms with Crippen LogP contribution in [0.3, 0.4) is 0 Å². The highest BCUT2D eigenvalue weighted by molar-refractivity contribution is 6.88. The van der Waals surface area contributed by atoms with E-state index in [0.29, 0.717) is 33.0 Å². The zero-order valence-electron chi connectivity index (χ0n) is 27.0. The van der Waals surface area contributed by atoms with E-state index in [4.69, 9.17) is 24.0 Å². The van der Waals surface area contributed by atoms with Gasteiger partial charge in [-0.3, -0.25) is 4.68 Å². The molecule has 6 rings (SSSR count). The number of rotatable bonds is 14.